The first-order chi connectivity index (χ1) is 16.3. The van der Waals surface area contributed by atoms with E-state index >= 15 is 0 Å². The van der Waals surface area contributed by atoms with Crippen LogP contribution in [0.5, 0.6) is 0 Å². The number of aromatic nitrogens is 2. The molecule has 2 nitrogen and oxygen atoms in total. The predicted molar refractivity (Wildman–Crippen MR) is 138 cm³/mol. The Bertz CT molecular complexity index is 1130. The number of fused-ring (bicyclic) bond motifs is 3. The fraction of sp³-hybridized carbons (Fsp3) is 0.290. The van der Waals surface area contributed by atoms with Crippen LogP contribution in [0, 0.1) is 0 Å². The highest BCUT2D eigenvalue weighted by atomic mass is 14.6. The number of benzene rings is 2. The Morgan fingerprint density at radius 3 is 1.36 bits per heavy atom. The van der Waals surface area contributed by atoms with Crippen molar-refractivity contribution in [2.45, 2.75) is 57.8 Å². The van der Waals surface area contributed by atoms with Crippen LogP contribution in [-0.2, 0) is 5.41 Å². The molecule has 2 aromatic heterocycles. The van der Waals surface area contributed by atoms with E-state index in [-0.39, 0.29) is 5.41 Å². The minimum Gasteiger partial charge on any atom is -0.265 e. The van der Waals surface area contributed by atoms with Crippen LogP contribution in [0.3, 0.4) is 0 Å². The van der Waals surface area contributed by atoms with Gasteiger partial charge in [-0.25, -0.2) is 0 Å². The van der Waals surface area contributed by atoms with Crippen LogP contribution in [-0.4, -0.2) is 9.97 Å². The van der Waals surface area contributed by atoms with Crippen molar-refractivity contribution < 1.29 is 0 Å². The maximum absolute atomic E-state index is 4.22. The largest absolute Gasteiger partial charge is 0.265 e. The van der Waals surface area contributed by atoms with E-state index < -0.39 is 0 Å². The quantitative estimate of drug-likeness (QED) is 0.279. The fourth-order valence-corrected chi connectivity index (χ4v) is 5.56. The molecule has 0 fully saturated rings. The third-order valence-electron chi connectivity index (χ3n) is 7.30. The summed E-state index contributed by atoms with van der Waals surface area (Å²) in [4.78, 5) is 8.44. The van der Waals surface area contributed by atoms with Gasteiger partial charge in [0.25, 0.3) is 0 Å². The summed E-state index contributed by atoms with van der Waals surface area (Å²) in [7, 11) is 0. The molecular formula is C31H32N2. The maximum Gasteiger partial charge on any atom is 0.0273 e. The van der Waals surface area contributed by atoms with E-state index in [9.17, 15) is 0 Å². The van der Waals surface area contributed by atoms with Gasteiger partial charge in [-0.3, -0.25) is 9.97 Å². The van der Waals surface area contributed by atoms with Crippen molar-refractivity contribution in [2.24, 2.45) is 0 Å². The molecule has 2 heteroatoms. The molecule has 0 atom stereocenters. The molecule has 2 heterocycles. The van der Waals surface area contributed by atoms with Crippen LogP contribution < -0.4 is 0 Å². The van der Waals surface area contributed by atoms with Crippen LogP contribution in [0.25, 0.3) is 33.4 Å². The molecule has 0 spiro atoms. The Hall–Kier alpha value is -3.26. The minimum atomic E-state index is 0.0722. The average molecular weight is 433 g/mol. The van der Waals surface area contributed by atoms with E-state index in [1.54, 1.807) is 0 Å². The van der Waals surface area contributed by atoms with Crippen molar-refractivity contribution in [1.82, 2.24) is 9.97 Å². The zero-order valence-electron chi connectivity index (χ0n) is 19.7. The molecule has 0 saturated heterocycles. The first-order valence-electron chi connectivity index (χ1n) is 12.4. The number of hydrogen-bond donors (Lipinski definition) is 0. The molecule has 0 radical (unpaired) electrons. The standard InChI is InChI=1S/C31H32N2/c1-3-5-15-31(16-6-4-2)29-21-25(23-11-17-32-18-12-23)7-9-27(29)28-10-8-26(22-30(28)31)24-13-19-33-20-14-24/h7-14,17-22H,3-6,15-16H2,1-2H3. The monoisotopic (exact) mass is 432 g/mol. The first kappa shape index (κ1) is 21.6. The lowest BCUT2D eigenvalue weighted by atomic mass is 9.70. The number of unbranched alkanes of at least 4 members (excludes halogenated alkanes) is 2. The minimum absolute atomic E-state index is 0.0722. The van der Waals surface area contributed by atoms with E-state index in [4.69, 9.17) is 0 Å². The van der Waals surface area contributed by atoms with Crippen molar-refractivity contribution in [1.29, 1.82) is 0 Å². The summed E-state index contributed by atoms with van der Waals surface area (Å²) in [5, 5.41) is 0. The van der Waals surface area contributed by atoms with Gasteiger partial charge in [0.05, 0.1) is 0 Å². The lowest BCUT2D eigenvalue weighted by Gasteiger charge is -2.33. The van der Waals surface area contributed by atoms with Gasteiger partial charge in [0.2, 0.25) is 0 Å². The Kier molecular flexibility index (Phi) is 6.09. The Labute approximate surface area is 197 Å². The number of nitrogens with zero attached hydrogens (tertiary/aromatic N) is 2. The van der Waals surface area contributed by atoms with Crippen molar-refractivity contribution in [2.75, 3.05) is 0 Å². The van der Waals surface area contributed by atoms with Crippen LogP contribution >= 0.6 is 0 Å². The first-order valence-corrected chi connectivity index (χ1v) is 12.4. The molecule has 4 aromatic rings. The molecule has 1 aliphatic carbocycles. The van der Waals surface area contributed by atoms with Crippen molar-refractivity contribution in [3.05, 3.63) is 96.6 Å². The summed E-state index contributed by atoms with van der Waals surface area (Å²) in [5.41, 5.74) is 11.0. The van der Waals surface area contributed by atoms with Gasteiger partial charge in [0, 0.05) is 30.2 Å². The van der Waals surface area contributed by atoms with Gasteiger partial charge in [-0.1, -0.05) is 63.8 Å². The van der Waals surface area contributed by atoms with Crippen molar-refractivity contribution in [3.63, 3.8) is 0 Å². The highest BCUT2D eigenvalue weighted by molar-refractivity contribution is 5.86. The molecule has 0 bridgehead atoms. The molecule has 2 aromatic carbocycles. The van der Waals surface area contributed by atoms with E-state index in [0.29, 0.717) is 0 Å². The van der Waals surface area contributed by atoms with Gasteiger partial charge in [-0.15, -0.1) is 0 Å². The van der Waals surface area contributed by atoms with Crippen LogP contribution in [0.2, 0.25) is 0 Å². The van der Waals surface area contributed by atoms with Gasteiger partial charge in [-0.05, 0) is 93.7 Å². The van der Waals surface area contributed by atoms with Crippen molar-refractivity contribution in [3.8, 4) is 33.4 Å². The van der Waals surface area contributed by atoms with Crippen LogP contribution in [0.15, 0.2) is 85.5 Å². The van der Waals surface area contributed by atoms with E-state index in [2.05, 4.69) is 84.5 Å². The zero-order chi connectivity index (χ0) is 22.7. The second kappa shape index (κ2) is 9.31. The number of hydrogen-bond acceptors (Lipinski definition) is 2. The fourth-order valence-electron chi connectivity index (χ4n) is 5.56. The van der Waals surface area contributed by atoms with E-state index in [0.717, 1.165) is 0 Å². The van der Waals surface area contributed by atoms with Gasteiger partial charge >= 0.3 is 0 Å². The third-order valence-corrected chi connectivity index (χ3v) is 7.30. The van der Waals surface area contributed by atoms with E-state index in [1.807, 2.05) is 24.8 Å². The SMILES string of the molecule is CCCCC1(CCCC)c2cc(-c3ccncc3)ccc2-c2ccc(-c3ccncc3)cc21. The molecule has 0 amide bonds. The number of rotatable bonds is 8. The summed E-state index contributed by atoms with van der Waals surface area (Å²) in [6.07, 6.45) is 14.9. The molecule has 1 aliphatic rings. The number of pyridine rings is 2. The average Bonchev–Trinajstić information content (AvgIpc) is 3.16. The Balaban J connectivity index is 1.71. The van der Waals surface area contributed by atoms with Crippen molar-refractivity contribution >= 4 is 0 Å². The van der Waals surface area contributed by atoms with E-state index in [1.165, 1.54) is 83.0 Å². The third kappa shape index (κ3) is 3.88. The zero-order valence-corrected chi connectivity index (χ0v) is 19.7. The van der Waals surface area contributed by atoms with Gasteiger partial charge < -0.3 is 0 Å². The summed E-state index contributed by atoms with van der Waals surface area (Å²) in [5.74, 6) is 0. The van der Waals surface area contributed by atoms with Crippen LogP contribution in [0.1, 0.15) is 63.5 Å². The molecule has 0 aliphatic heterocycles. The summed E-state index contributed by atoms with van der Waals surface area (Å²) >= 11 is 0. The Morgan fingerprint density at radius 1 is 0.545 bits per heavy atom. The van der Waals surface area contributed by atoms with Crippen LogP contribution in [0.4, 0.5) is 0 Å². The lowest BCUT2D eigenvalue weighted by Crippen LogP contribution is -2.25. The molecule has 166 valence electrons. The molecule has 33 heavy (non-hydrogen) atoms. The highest BCUT2D eigenvalue weighted by Gasteiger charge is 2.42. The van der Waals surface area contributed by atoms with Gasteiger partial charge in [0.1, 0.15) is 0 Å². The molecular weight excluding hydrogens is 400 g/mol. The predicted octanol–water partition coefficient (Wildman–Crippen LogP) is 8.46. The second-order valence-electron chi connectivity index (χ2n) is 9.28. The van der Waals surface area contributed by atoms with Gasteiger partial charge in [0.15, 0.2) is 0 Å². The maximum atomic E-state index is 4.22. The topological polar surface area (TPSA) is 25.8 Å². The molecule has 0 N–H and O–H groups in total. The summed E-state index contributed by atoms with van der Waals surface area (Å²) in [6, 6.07) is 22.7. The normalized spacial score (nSPS) is 13.5. The smallest absolute Gasteiger partial charge is 0.0273 e. The molecule has 0 saturated carbocycles. The summed E-state index contributed by atoms with van der Waals surface area (Å²) in [6.45, 7) is 4.62. The molecule has 0 unspecified atom stereocenters. The lowest BCUT2D eigenvalue weighted by molar-refractivity contribution is 0.414. The highest BCUT2D eigenvalue weighted by Crippen LogP contribution is 2.55. The summed E-state index contributed by atoms with van der Waals surface area (Å²) < 4.78 is 0. The Morgan fingerprint density at radius 2 is 0.970 bits per heavy atom. The van der Waals surface area contributed by atoms with Gasteiger partial charge in [-0.2, -0.15) is 0 Å². The molecule has 5 rings (SSSR count). The second-order valence-corrected chi connectivity index (χ2v) is 9.28.